The van der Waals surface area contributed by atoms with Gasteiger partial charge in [0.2, 0.25) is 0 Å². The number of aromatic amines is 1. The third-order valence-corrected chi connectivity index (χ3v) is 3.76. The first-order chi connectivity index (χ1) is 10.6. The molecule has 1 heterocycles. The van der Waals surface area contributed by atoms with Crippen LogP contribution < -0.4 is 5.32 Å². The first-order valence-electron chi connectivity index (χ1n) is 6.93. The third-order valence-electron chi connectivity index (χ3n) is 3.53. The number of rotatable bonds is 4. The molecule has 1 aromatic heterocycles. The highest BCUT2D eigenvalue weighted by molar-refractivity contribution is 6.31. The molecule has 0 fully saturated rings. The van der Waals surface area contributed by atoms with E-state index in [1.165, 1.54) is 6.07 Å². The lowest BCUT2D eigenvalue weighted by atomic mass is 10.1. The number of carbonyl (C=O) groups is 1. The fourth-order valence-electron chi connectivity index (χ4n) is 2.39. The fourth-order valence-corrected chi connectivity index (χ4v) is 2.56. The van der Waals surface area contributed by atoms with Crippen LogP contribution in [0, 0.1) is 5.82 Å². The highest BCUT2D eigenvalue weighted by Crippen LogP contribution is 2.22. The van der Waals surface area contributed by atoms with Crippen LogP contribution in [0.1, 0.15) is 15.9 Å². The molecule has 0 bridgehead atoms. The van der Waals surface area contributed by atoms with Crippen molar-refractivity contribution in [2.24, 2.45) is 0 Å². The molecule has 3 nitrogen and oxygen atoms in total. The van der Waals surface area contributed by atoms with Crippen molar-refractivity contribution in [2.75, 3.05) is 6.54 Å². The smallest absolute Gasteiger partial charge is 0.253 e. The molecule has 1 amide bonds. The van der Waals surface area contributed by atoms with Crippen molar-refractivity contribution in [2.45, 2.75) is 6.42 Å². The van der Waals surface area contributed by atoms with Crippen LogP contribution in [0.4, 0.5) is 4.39 Å². The second-order valence-electron chi connectivity index (χ2n) is 4.99. The normalized spacial score (nSPS) is 10.8. The van der Waals surface area contributed by atoms with Gasteiger partial charge in [0.15, 0.2) is 0 Å². The first kappa shape index (κ1) is 14.6. The third kappa shape index (κ3) is 2.97. The predicted octanol–water partition coefficient (Wildman–Crippen LogP) is 3.93. The number of hydrogen-bond donors (Lipinski definition) is 2. The Bertz CT molecular complexity index is 828. The predicted molar refractivity (Wildman–Crippen MR) is 85.7 cm³/mol. The molecule has 3 aromatic rings. The summed E-state index contributed by atoms with van der Waals surface area (Å²) in [4.78, 5) is 15.3. The van der Waals surface area contributed by atoms with Gasteiger partial charge in [-0.25, -0.2) is 4.39 Å². The van der Waals surface area contributed by atoms with Crippen molar-refractivity contribution < 1.29 is 9.18 Å². The van der Waals surface area contributed by atoms with Crippen LogP contribution in [0.5, 0.6) is 0 Å². The van der Waals surface area contributed by atoms with Crippen molar-refractivity contribution in [1.82, 2.24) is 10.3 Å². The summed E-state index contributed by atoms with van der Waals surface area (Å²) in [7, 11) is 0. The largest absolute Gasteiger partial charge is 0.360 e. The van der Waals surface area contributed by atoms with Crippen LogP contribution in [0.2, 0.25) is 5.02 Å². The van der Waals surface area contributed by atoms with Gasteiger partial charge in [0.25, 0.3) is 5.91 Å². The van der Waals surface area contributed by atoms with Crippen molar-refractivity contribution in [3.63, 3.8) is 0 Å². The van der Waals surface area contributed by atoms with Crippen molar-refractivity contribution >= 4 is 28.4 Å². The van der Waals surface area contributed by atoms with Gasteiger partial charge < -0.3 is 10.3 Å². The van der Waals surface area contributed by atoms with E-state index in [4.69, 9.17) is 11.6 Å². The molecule has 0 aliphatic rings. The summed E-state index contributed by atoms with van der Waals surface area (Å²) in [6.07, 6.45) is 2.10. The summed E-state index contributed by atoms with van der Waals surface area (Å²) >= 11 is 5.97. The Kier molecular flexibility index (Phi) is 4.11. The van der Waals surface area contributed by atoms with Gasteiger partial charge in [-0.2, -0.15) is 0 Å². The van der Waals surface area contributed by atoms with Crippen LogP contribution in [-0.4, -0.2) is 17.4 Å². The number of aromatic nitrogens is 1. The van der Waals surface area contributed by atoms with Crippen molar-refractivity contribution in [3.05, 3.63) is 70.6 Å². The number of nitrogens with one attached hydrogen (secondary N) is 2. The Balaban J connectivity index is 1.69. The van der Waals surface area contributed by atoms with E-state index in [2.05, 4.69) is 10.3 Å². The van der Waals surface area contributed by atoms with Crippen LogP contribution in [0.15, 0.2) is 48.7 Å². The van der Waals surface area contributed by atoms with Gasteiger partial charge in [-0.3, -0.25) is 4.79 Å². The average molecular weight is 317 g/mol. The van der Waals surface area contributed by atoms with Gasteiger partial charge in [0, 0.05) is 28.7 Å². The summed E-state index contributed by atoms with van der Waals surface area (Å²) in [5.74, 6) is -0.458. The molecule has 0 aliphatic heterocycles. The van der Waals surface area contributed by atoms with Gasteiger partial charge in [-0.15, -0.1) is 0 Å². The molecule has 0 spiro atoms. The van der Waals surface area contributed by atoms with E-state index < -0.39 is 0 Å². The number of halogens is 2. The first-order valence-corrected chi connectivity index (χ1v) is 7.31. The summed E-state index contributed by atoms with van der Waals surface area (Å²) in [6.45, 7) is 0.368. The molecule has 22 heavy (non-hydrogen) atoms. The SMILES string of the molecule is O=C(NCCc1ccccc1F)c1c[nH]c2ccc(Cl)cc12. The van der Waals surface area contributed by atoms with Gasteiger partial charge in [0.05, 0.1) is 5.56 Å². The minimum absolute atomic E-state index is 0.204. The van der Waals surface area contributed by atoms with Crippen molar-refractivity contribution in [3.8, 4) is 0 Å². The van der Waals surface area contributed by atoms with E-state index in [-0.39, 0.29) is 11.7 Å². The standard InChI is InChI=1S/C17H14ClFN2O/c18-12-5-6-16-13(9-12)14(10-21-16)17(22)20-8-7-11-3-1-2-4-15(11)19/h1-6,9-10,21H,7-8H2,(H,20,22). The summed E-state index contributed by atoms with van der Waals surface area (Å²) in [5.41, 5.74) is 1.97. The molecular formula is C17H14ClFN2O. The van der Waals surface area contributed by atoms with Gasteiger partial charge >= 0.3 is 0 Å². The minimum Gasteiger partial charge on any atom is -0.360 e. The lowest BCUT2D eigenvalue weighted by Gasteiger charge is -2.05. The molecule has 0 unspecified atom stereocenters. The minimum atomic E-state index is -0.254. The average Bonchev–Trinajstić information content (AvgIpc) is 2.92. The van der Waals surface area contributed by atoms with Crippen LogP contribution in [0.25, 0.3) is 10.9 Å². The van der Waals surface area contributed by atoms with Crippen LogP contribution >= 0.6 is 11.6 Å². The molecule has 0 saturated heterocycles. The van der Waals surface area contributed by atoms with E-state index in [1.807, 2.05) is 6.07 Å². The van der Waals surface area contributed by atoms with E-state index in [0.717, 1.165) is 10.9 Å². The van der Waals surface area contributed by atoms with Crippen molar-refractivity contribution in [1.29, 1.82) is 0 Å². The van der Waals surface area contributed by atoms with E-state index in [1.54, 1.807) is 36.5 Å². The maximum absolute atomic E-state index is 13.5. The second kappa shape index (κ2) is 6.20. The zero-order valence-corrected chi connectivity index (χ0v) is 12.5. The number of fused-ring (bicyclic) bond motifs is 1. The van der Waals surface area contributed by atoms with Crippen LogP contribution in [0.3, 0.4) is 0 Å². The maximum atomic E-state index is 13.5. The molecular weight excluding hydrogens is 303 g/mol. The monoisotopic (exact) mass is 316 g/mol. The second-order valence-corrected chi connectivity index (χ2v) is 5.43. The summed E-state index contributed by atoms with van der Waals surface area (Å²) in [6, 6.07) is 11.9. The number of amides is 1. The highest BCUT2D eigenvalue weighted by atomic mass is 35.5. The zero-order chi connectivity index (χ0) is 15.5. The van der Waals surface area contributed by atoms with Gasteiger partial charge in [0.1, 0.15) is 5.82 Å². The Morgan fingerprint density at radius 3 is 2.86 bits per heavy atom. The summed E-state index contributed by atoms with van der Waals surface area (Å²) in [5, 5.41) is 4.15. The molecule has 0 aliphatic carbocycles. The van der Waals surface area contributed by atoms with E-state index in [9.17, 15) is 9.18 Å². The Labute approximate surface area is 132 Å². The Hall–Kier alpha value is -2.33. The molecule has 2 N–H and O–H groups in total. The van der Waals surface area contributed by atoms with E-state index in [0.29, 0.717) is 29.1 Å². The molecule has 0 atom stereocenters. The quantitative estimate of drug-likeness (QED) is 0.752. The topological polar surface area (TPSA) is 44.9 Å². The number of carbonyl (C=O) groups excluding carboxylic acids is 1. The molecule has 0 saturated carbocycles. The lowest BCUT2D eigenvalue weighted by molar-refractivity contribution is 0.0955. The zero-order valence-electron chi connectivity index (χ0n) is 11.7. The number of hydrogen-bond acceptors (Lipinski definition) is 1. The molecule has 2 aromatic carbocycles. The van der Waals surface area contributed by atoms with Crippen LogP contribution in [-0.2, 0) is 6.42 Å². The Morgan fingerprint density at radius 1 is 1.23 bits per heavy atom. The number of benzene rings is 2. The van der Waals surface area contributed by atoms with E-state index >= 15 is 0 Å². The number of H-pyrrole nitrogens is 1. The van der Waals surface area contributed by atoms with Gasteiger partial charge in [-0.05, 0) is 36.2 Å². The summed E-state index contributed by atoms with van der Waals surface area (Å²) < 4.78 is 13.5. The highest BCUT2D eigenvalue weighted by Gasteiger charge is 2.12. The Morgan fingerprint density at radius 2 is 2.05 bits per heavy atom. The molecule has 5 heteroatoms. The van der Waals surface area contributed by atoms with Gasteiger partial charge in [-0.1, -0.05) is 29.8 Å². The fraction of sp³-hybridized carbons (Fsp3) is 0.118. The molecule has 3 rings (SSSR count). The maximum Gasteiger partial charge on any atom is 0.253 e. The lowest BCUT2D eigenvalue weighted by Crippen LogP contribution is -2.25. The molecule has 0 radical (unpaired) electrons. The molecule has 112 valence electrons.